The minimum Gasteiger partial charge on any atom is -0.360 e. The van der Waals surface area contributed by atoms with Gasteiger partial charge in [-0.3, -0.25) is 9.69 Å². The molecular weight excluding hydrogens is 306 g/mol. The molecule has 1 amide bonds. The number of aromatic nitrogens is 3. The highest BCUT2D eigenvalue weighted by molar-refractivity contribution is 5.92. The van der Waals surface area contributed by atoms with Crippen LogP contribution in [0.15, 0.2) is 23.0 Å². The standard InChI is InChI=1S/C17H25N5O2/c1-5-21-8-9-22(11-14(21)16-18-6-7-20(16)4)17(23)13-10-15(12(2)3)24-19-13/h6-7,10,12,14H,5,8-9,11H2,1-4H3. The Labute approximate surface area is 142 Å². The van der Waals surface area contributed by atoms with Crippen molar-refractivity contribution in [3.63, 3.8) is 0 Å². The summed E-state index contributed by atoms with van der Waals surface area (Å²) in [6, 6.07) is 1.86. The molecule has 24 heavy (non-hydrogen) atoms. The Morgan fingerprint density at radius 3 is 2.79 bits per heavy atom. The van der Waals surface area contributed by atoms with Crippen LogP contribution < -0.4 is 0 Å². The van der Waals surface area contributed by atoms with E-state index in [9.17, 15) is 4.79 Å². The summed E-state index contributed by atoms with van der Waals surface area (Å²) in [5, 5.41) is 3.96. The van der Waals surface area contributed by atoms with Gasteiger partial charge in [0, 0.05) is 51.1 Å². The lowest BCUT2D eigenvalue weighted by Crippen LogP contribution is -2.51. The molecule has 1 aliphatic heterocycles. The van der Waals surface area contributed by atoms with Crippen molar-refractivity contribution in [3.8, 4) is 0 Å². The normalized spacial score (nSPS) is 19.2. The maximum absolute atomic E-state index is 12.8. The minimum absolute atomic E-state index is 0.0689. The topological polar surface area (TPSA) is 67.4 Å². The zero-order valence-electron chi connectivity index (χ0n) is 14.8. The fourth-order valence-electron chi connectivity index (χ4n) is 3.15. The molecule has 1 fully saturated rings. The Bertz CT molecular complexity index is 705. The second-order valence-corrected chi connectivity index (χ2v) is 6.56. The molecule has 7 heteroatoms. The first kappa shape index (κ1) is 16.7. The summed E-state index contributed by atoms with van der Waals surface area (Å²) in [7, 11) is 1.99. The van der Waals surface area contributed by atoms with Crippen LogP contribution in [0, 0.1) is 0 Å². The Hall–Kier alpha value is -2.15. The van der Waals surface area contributed by atoms with Gasteiger partial charge in [-0.2, -0.15) is 0 Å². The average molecular weight is 331 g/mol. The van der Waals surface area contributed by atoms with Gasteiger partial charge in [-0.25, -0.2) is 4.98 Å². The summed E-state index contributed by atoms with van der Waals surface area (Å²) in [6.07, 6.45) is 3.74. The number of amides is 1. The lowest BCUT2D eigenvalue weighted by atomic mass is 10.1. The summed E-state index contributed by atoms with van der Waals surface area (Å²) in [5.74, 6) is 1.88. The Morgan fingerprint density at radius 1 is 1.42 bits per heavy atom. The fourth-order valence-corrected chi connectivity index (χ4v) is 3.15. The third-order valence-corrected chi connectivity index (χ3v) is 4.66. The third kappa shape index (κ3) is 3.08. The molecule has 3 heterocycles. The zero-order valence-corrected chi connectivity index (χ0v) is 14.8. The first-order valence-corrected chi connectivity index (χ1v) is 8.48. The molecule has 0 aliphatic carbocycles. The van der Waals surface area contributed by atoms with Gasteiger partial charge < -0.3 is 14.0 Å². The number of aryl methyl sites for hydroxylation is 1. The van der Waals surface area contributed by atoms with Crippen molar-refractivity contribution in [3.05, 3.63) is 35.7 Å². The predicted molar refractivity (Wildman–Crippen MR) is 89.7 cm³/mol. The van der Waals surface area contributed by atoms with E-state index in [2.05, 4.69) is 22.0 Å². The number of carbonyl (C=O) groups is 1. The fraction of sp³-hybridized carbons (Fsp3) is 0.588. The molecular formula is C17H25N5O2. The van der Waals surface area contributed by atoms with Crippen LogP contribution in [-0.4, -0.2) is 56.6 Å². The number of hydrogen-bond acceptors (Lipinski definition) is 5. The molecule has 3 rings (SSSR count). The summed E-state index contributed by atoms with van der Waals surface area (Å²) < 4.78 is 7.30. The SMILES string of the molecule is CCN1CCN(C(=O)c2cc(C(C)C)on2)CC1c1nccn1C. The molecule has 0 N–H and O–H groups in total. The van der Waals surface area contributed by atoms with Crippen LogP contribution in [0.4, 0.5) is 0 Å². The molecule has 1 atom stereocenters. The number of hydrogen-bond donors (Lipinski definition) is 0. The molecule has 0 radical (unpaired) electrons. The molecule has 1 aliphatic rings. The van der Waals surface area contributed by atoms with E-state index in [1.54, 1.807) is 12.3 Å². The highest BCUT2D eigenvalue weighted by Crippen LogP contribution is 2.25. The maximum atomic E-state index is 12.8. The summed E-state index contributed by atoms with van der Waals surface area (Å²) in [4.78, 5) is 21.5. The number of imidazole rings is 1. The van der Waals surface area contributed by atoms with Crippen molar-refractivity contribution in [2.24, 2.45) is 7.05 Å². The van der Waals surface area contributed by atoms with Gasteiger partial charge in [0.15, 0.2) is 5.69 Å². The number of piperazine rings is 1. The van der Waals surface area contributed by atoms with Crippen LogP contribution in [0.1, 0.15) is 54.8 Å². The highest BCUT2D eigenvalue weighted by Gasteiger charge is 2.33. The van der Waals surface area contributed by atoms with Crippen LogP contribution >= 0.6 is 0 Å². The van der Waals surface area contributed by atoms with Crippen LogP contribution in [0.3, 0.4) is 0 Å². The molecule has 1 unspecified atom stereocenters. The molecule has 130 valence electrons. The van der Waals surface area contributed by atoms with Crippen LogP contribution in [0.25, 0.3) is 0 Å². The van der Waals surface area contributed by atoms with Crippen LogP contribution in [-0.2, 0) is 7.05 Å². The Morgan fingerprint density at radius 2 is 2.21 bits per heavy atom. The smallest absolute Gasteiger partial charge is 0.276 e. The van der Waals surface area contributed by atoms with Gasteiger partial charge in [-0.15, -0.1) is 0 Å². The van der Waals surface area contributed by atoms with Crippen molar-refractivity contribution >= 4 is 5.91 Å². The number of rotatable bonds is 4. The summed E-state index contributed by atoms with van der Waals surface area (Å²) >= 11 is 0. The second-order valence-electron chi connectivity index (χ2n) is 6.56. The third-order valence-electron chi connectivity index (χ3n) is 4.66. The van der Waals surface area contributed by atoms with E-state index in [4.69, 9.17) is 4.52 Å². The van der Waals surface area contributed by atoms with E-state index in [1.807, 2.05) is 36.6 Å². The molecule has 0 bridgehead atoms. The first-order valence-electron chi connectivity index (χ1n) is 8.48. The highest BCUT2D eigenvalue weighted by atomic mass is 16.5. The number of likely N-dealkylation sites (N-methyl/N-ethyl adjacent to an activating group) is 1. The molecule has 0 spiro atoms. The second kappa shape index (κ2) is 6.76. The van der Waals surface area contributed by atoms with Gasteiger partial charge in [0.1, 0.15) is 11.6 Å². The lowest BCUT2D eigenvalue weighted by molar-refractivity contribution is 0.0464. The molecule has 0 saturated carbocycles. The van der Waals surface area contributed by atoms with Crippen LogP contribution in [0.2, 0.25) is 0 Å². The molecule has 1 saturated heterocycles. The van der Waals surface area contributed by atoms with Crippen molar-refractivity contribution < 1.29 is 9.32 Å². The molecule has 0 aromatic carbocycles. The monoisotopic (exact) mass is 331 g/mol. The van der Waals surface area contributed by atoms with E-state index >= 15 is 0 Å². The van der Waals surface area contributed by atoms with E-state index in [-0.39, 0.29) is 17.9 Å². The van der Waals surface area contributed by atoms with Gasteiger partial charge in [0.25, 0.3) is 5.91 Å². The zero-order chi connectivity index (χ0) is 17.3. The summed E-state index contributed by atoms with van der Waals surface area (Å²) in [5.41, 5.74) is 0.391. The van der Waals surface area contributed by atoms with Gasteiger partial charge >= 0.3 is 0 Å². The quantitative estimate of drug-likeness (QED) is 0.858. The van der Waals surface area contributed by atoms with Gasteiger partial charge in [0.2, 0.25) is 0 Å². The van der Waals surface area contributed by atoms with Crippen LogP contribution in [0.5, 0.6) is 0 Å². The minimum atomic E-state index is -0.0689. The summed E-state index contributed by atoms with van der Waals surface area (Å²) in [6.45, 7) is 9.24. The van der Waals surface area contributed by atoms with Crippen molar-refractivity contribution in [2.45, 2.75) is 32.7 Å². The van der Waals surface area contributed by atoms with E-state index in [0.717, 1.165) is 24.7 Å². The Balaban J connectivity index is 1.79. The Kier molecular flexibility index (Phi) is 4.71. The molecule has 2 aromatic rings. The maximum Gasteiger partial charge on any atom is 0.276 e. The molecule has 2 aromatic heterocycles. The molecule has 7 nitrogen and oxygen atoms in total. The van der Waals surface area contributed by atoms with Crippen molar-refractivity contribution in [1.29, 1.82) is 0 Å². The van der Waals surface area contributed by atoms with Gasteiger partial charge in [0.05, 0.1) is 6.04 Å². The first-order chi connectivity index (χ1) is 11.5. The van der Waals surface area contributed by atoms with Gasteiger partial charge in [-0.1, -0.05) is 25.9 Å². The average Bonchev–Trinajstić information content (AvgIpc) is 3.22. The largest absolute Gasteiger partial charge is 0.360 e. The van der Waals surface area contributed by atoms with E-state index in [0.29, 0.717) is 18.8 Å². The van der Waals surface area contributed by atoms with E-state index in [1.165, 1.54) is 0 Å². The predicted octanol–water partition coefficient (Wildman–Crippen LogP) is 2.05. The lowest BCUT2D eigenvalue weighted by Gasteiger charge is -2.40. The van der Waals surface area contributed by atoms with Gasteiger partial charge in [-0.05, 0) is 6.54 Å². The van der Waals surface area contributed by atoms with Crippen molar-refractivity contribution in [2.75, 3.05) is 26.2 Å². The number of carbonyl (C=O) groups excluding carboxylic acids is 1. The van der Waals surface area contributed by atoms with Crippen molar-refractivity contribution in [1.82, 2.24) is 24.5 Å². The number of nitrogens with zero attached hydrogens (tertiary/aromatic N) is 5. The van der Waals surface area contributed by atoms with E-state index < -0.39 is 0 Å².